The third-order valence-corrected chi connectivity index (χ3v) is 3.44. The number of halogens is 2. The summed E-state index contributed by atoms with van der Waals surface area (Å²) in [5.74, 6) is 0.188. The molecule has 22 heavy (non-hydrogen) atoms. The van der Waals surface area contributed by atoms with Crippen molar-refractivity contribution in [1.29, 1.82) is 0 Å². The number of non-ortho nitro benzene ring substituents is 1. The van der Waals surface area contributed by atoms with E-state index in [0.29, 0.717) is 30.0 Å². The van der Waals surface area contributed by atoms with Gasteiger partial charge in [-0.25, -0.2) is 4.39 Å². The molecule has 0 amide bonds. The molecule has 1 aliphatic rings. The SMILES string of the molecule is Cl.O=[N+]([O-])c1ccc2c(c1)C(c1ccccc1F)NCCO2. The van der Waals surface area contributed by atoms with E-state index in [2.05, 4.69) is 5.32 Å². The third-order valence-electron chi connectivity index (χ3n) is 3.44. The highest BCUT2D eigenvalue weighted by Crippen LogP contribution is 2.35. The molecule has 2 aromatic rings. The zero-order valence-corrected chi connectivity index (χ0v) is 12.3. The second-order valence-corrected chi connectivity index (χ2v) is 4.74. The molecule has 2 aromatic carbocycles. The maximum Gasteiger partial charge on any atom is 0.270 e. The Balaban J connectivity index is 0.00000176. The second kappa shape index (κ2) is 6.72. The predicted octanol–water partition coefficient (Wildman–Crippen LogP) is 3.23. The number of nitro benzene ring substituents is 1. The molecule has 1 N–H and O–H groups in total. The van der Waals surface area contributed by atoms with Crippen molar-refractivity contribution in [2.45, 2.75) is 6.04 Å². The molecule has 1 heterocycles. The summed E-state index contributed by atoms with van der Waals surface area (Å²) in [7, 11) is 0. The Morgan fingerprint density at radius 1 is 1.23 bits per heavy atom. The first kappa shape index (κ1) is 16.2. The van der Waals surface area contributed by atoms with Crippen LogP contribution in [0.5, 0.6) is 5.75 Å². The highest BCUT2D eigenvalue weighted by molar-refractivity contribution is 5.85. The van der Waals surface area contributed by atoms with Crippen LogP contribution in [0.25, 0.3) is 0 Å². The van der Waals surface area contributed by atoms with E-state index >= 15 is 0 Å². The van der Waals surface area contributed by atoms with Gasteiger partial charge in [0.15, 0.2) is 0 Å². The second-order valence-electron chi connectivity index (χ2n) is 4.74. The van der Waals surface area contributed by atoms with Crippen molar-refractivity contribution in [3.63, 3.8) is 0 Å². The van der Waals surface area contributed by atoms with E-state index in [1.807, 2.05) is 0 Å². The Hall–Kier alpha value is -2.18. The van der Waals surface area contributed by atoms with Gasteiger partial charge < -0.3 is 10.1 Å². The molecule has 0 bridgehead atoms. The van der Waals surface area contributed by atoms with Crippen LogP contribution in [0, 0.1) is 15.9 Å². The predicted molar refractivity (Wildman–Crippen MR) is 82.1 cm³/mol. The number of nitrogens with zero attached hydrogens (tertiary/aromatic N) is 1. The Kier molecular flexibility index (Phi) is 4.95. The van der Waals surface area contributed by atoms with Gasteiger partial charge in [0, 0.05) is 29.8 Å². The summed E-state index contributed by atoms with van der Waals surface area (Å²) < 4.78 is 19.6. The van der Waals surface area contributed by atoms with Crippen LogP contribution in [0.1, 0.15) is 17.2 Å². The van der Waals surface area contributed by atoms with E-state index in [1.165, 1.54) is 18.2 Å². The summed E-state index contributed by atoms with van der Waals surface area (Å²) in [4.78, 5) is 10.5. The number of rotatable bonds is 2. The van der Waals surface area contributed by atoms with Crippen molar-refractivity contribution < 1.29 is 14.1 Å². The van der Waals surface area contributed by atoms with Crippen molar-refractivity contribution in [3.05, 3.63) is 69.5 Å². The Bertz CT molecular complexity index is 696. The van der Waals surface area contributed by atoms with Crippen molar-refractivity contribution in [2.75, 3.05) is 13.2 Å². The van der Waals surface area contributed by atoms with E-state index in [-0.39, 0.29) is 23.9 Å². The summed E-state index contributed by atoms with van der Waals surface area (Å²) in [5, 5.41) is 14.1. The fourth-order valence-electron chi connectivity index (χ4n) is 2.47. The van der Waals surface area contributed by atoms with Gasteiger partial charge in [-0.15, -0.1) is 12.4 Å². The lowest BCUT2D eigenvalue weighted by atomic mass is 9.97. The van der Waals surface area contributed by atoms with Crippen LogP contribution in [0.2, 0.25) is 0 Å². The van der Waals surface area contributed by atoms with Crippen molar-refractivity contribution in [1.82, 2.24) is 5.32 Å². The number of ether oxygens (including phenoxy) is 1. The topological polar surface area (TPSA) is 64.4 Å². The van der Waals surface area contributed by atoms with Crippen molar-refractivity contribution >= 4 is 18.1 Å². The standard InChI is InChI=1S/C15H13FN2O3.ClH/c16-13-4-2-1-3-11(13)15-12-9-10(18(19)20)5-6-14(12)21-8-7-17-15;/h1-6,9,15,17H,7-8H2;1H. The van der Waals surface area contributed by atoms with Gasteiger partial charge in [0.1, 0.15) is 18.2 Å². The molecule has 5 nitrogen and oxygen atoms in total. The lowest BCUT2D eigenvalue weighted by molar-refractivity contribution is -0.384. The van der Waals surface area contributed by atoms with E-state index in [0.717, 1.165) is 0 Å². The lowest BCUT2D eigenvalue weighted by Gasteiger charge is -2.18. The molecule has 0 aliphatic carbocycles. The summed E-state index contributed by atoms with van der Waals surface area (Å²) >= 11 is 0. The Morgan fingerprint density at radius 2 is 2.00 bits per heavy atom. The molecule has 1 unspecified atom stereocenters. The summed E-state index contributed by atoms with van der Waals surface area (Å²) in [5.41, 5.74) is 0.985. The first-order valence-corrected chi connectivity index (χ1v) is 6.56. The molecule has 7 heteroatoms. The molecule has 0 spiro atoms. The van der Waals surface area contributed by atoms with Crippen LogP contribution in [0.3, 0.4) is 0 Å². The monoisotopic (exact) mass is 324 g/mol. The van der Waals surface area contributed by atoms with E-state index < -0.39 is 11.0 Å². The molecular weight excluding hydrogens is 311 g/mol. The smallest absolute Gasteiger partial charge is 0.270 e. The van der Waals surface area contributed by atoms with Gasteiger partial charge >= 0.3 is 0 Å². The summed E-state index contributed by atoms with van der Waals surface area (Å²) in [6, 6.07) is 10.3. The third kappa shape index (κ3) is 3.03. The molecule has 1 atom stereocenters. The first-order valence-electron chi connectivity index (χ1n) is 6.56. The molecule has 0 saturated carbocycles. The number of hydrogen-bond donors (Lipinski definition) is 1. The first-order chi connectivity index (χ1) is 10.2. The number of nitrogens with one attached hydrogen (secondary N) is 1. The molecule has 0 aromatic heterocycles. The largest absolute Gasteiger partial charge is 0.492 e. The quantitative estimate of drug-likeness (QED) is 0.680. The van der Waals surface area contributed by atoms with Crippen LogP contribution in [-0.2, 0) is 0 Å². The normalized spacial score (nSPS) is 16.7. The van der Waals surface area contributed by atoms with Crippen LogP contribution in [0.15, 0.2) is 42.5 Å². The molecule has 0 radical (unpaired) electrons. The maximum atomic E-state index is 14.0. The van der Waals surface area contributed by atoms with Gasteiger partial charge in [0.2, 0.25) is 0 Å². The minimum absolute atomic E-state index is 0. The van der Waals surface area contributed by atoms with Crippen molar-refractivity contribution in [3.8, 4) is 5.75 Å². The fourth-order valence-corrected chi connectivity index (χ4v) is 2.47. The average molecular weight is 325 g/mol. The highest BCUT2D eigenvalue weighted by Gasteiger charge is 2.25. The Morgan fingerprint density at radius 3 is 2.73 bits per heavy atom. The van der Waals surface area contributed by atoms with Crippen molar-refractivity contribution in [2.24, 2.45) is 0 Å². The highest BCUT2D eigenvalue weighted by atomic mass is 35.5. The van der Waals surface area contributed by atoms with Crippen LogP contribution in [-0.4, -0.2) is 18.1 Å². The van der Waals surface area contributed by atoms with Gasteiger partial charge in [-0.05, 0) is 12.1 Å². The zero-order valence-electron chi connectivity index (χ0n) is 11.5. The van der Waals surface area contributed by atoms with Crippen LogP contribution in [0.4, 0.5) is 10.1 Å². The van der Waals surface area contributed by atoms with Crippen LogP contribution < -0.4 is 10.1 Å². The van der Waals surface area contributed by atoms with Gasteiger partial charge in [-0.1, -0.05) is 18.2 Å². The number of nitro groups is 1. The summed E-state index contributed by atoms with van der Waals surface area (Å²) in [6.07, 6.45) is 0. The fraction of sp³-hybridized carbons (Fsp3) is 0.200. The van der Waals surface area contributed by atoms with Gasteiger partial charge in [0.05, 0.1) is 11.0 Å². The maximum absolute atomic E-state index is 14.0. The van der Waals surface area contributed by atoms with Gasteiger partial charge in [-0.3, -0.25) is 10.1 Å². The molecular formula is C15H14ClFN2O3. The molecule has 1 aliphatic heterocycles. The van der Waals surface area contributed by atoms with Gasteiger partial charge in [0.25, 0.3) is 5.69 Å². The minimum atomic E-state index is -0.469. The number of hydrogen-bond acceptors (Lipinski definition) is 4. The zero-order chi connectivity index (χ0) is 14.8. The number of benzene rings is 2. The number of fused-ring (bicyclic) bond motifs is 1. The average Bonchev–Trinajstić information content (AvgIpc) is 2.69. The molecule has 0 fully saturated rings. The van der Waals surface area contributed by atoms with Gasteiger partial charge in [-0.2, -0.15) is 0 Å². The van der Waals surface area contributed by atoms with E-state index in [1.54, 1.807) is 24.3 Å². The molecule has 0 saturated heterocycles. The minimum Gasteiger partial charge on any atom is -0.492 e. The molecule has 116 valence electrons. The van der Waals surface area contributed by atoms with E-state index in [4.69, 9.17) is 4.74 Å². The lowest BCUT2D eigenvalue weighted by Crippen LogP contribution is -2.24. The van der Waals surface area contributed by atoms with Crippen LogP contribution >= 0.6 is 12.4 Å². The Labute approximate surface area is 132 Å². The summed E-state index contributed by atoms with van der Waals surface area (Å²) in [6.45, 7) is 0.956. The van der Waals surface area contributed by atoms with E-state index in [9.17, 15) is 14.5 Å². The molecule has 3 rings (SSSR count).